The molecule has 0 aliphatic heterocycles. The Balaban J connectivity index is 2.82. The van der Waals surface area contributed by atoms with E-state index in [-0.39, 0.29) is 6.61 Å². The topological polar surface area (TPSA) is 29.5 Å². The molecule has 22 heavy (non-hydrogen) atoms. The molecule has 1 aromatic carbocycles. The molecule has 0 aliphatic rings. The van der Waals surface area contributed by atoms with Crippen LogP contribution in [0.1, 0.15) is 12.0 Å². The van der Waals surface area contributed by atoms with Gasteiger partial charge in [-0.05, 0) is 12.0 Å². The summed E-state index contributed by atoms with van der Waals surface area (Å²) in [4.78, 5) is 12.4. The van der Waals surface area contributed by atoms with Crippen LogP contribution in [-0.2, 0) is 11.3 Å². The summed E-state index contributed by atoms with van der Waals surface area (Å²) >= 11 is 0. The molecule has 0 radical (unpaired) electrons. The van der Waals surface area contributed by atoms with Crippen LogP contribution in [-0.4, -0.2) is 29.8 Å². The fourth-order valence-corrected chi connectivity index (χ4v) is 1.80. The van der Waals surface area contributed by atoms with Gasteiger partial charge in [-0.1, -0.05) is 42.3 Å². The van der Waals surface area contributed by atoms with Crippen molar-refractivity contribution < 1.29 is 22.7 Å². The maximum absolute atomic E-state index is 13.0. The predicted octanol–water partition coefficient (Wildman–Crippen LogP) is 3.77. The molecular formula is C16H16F3NO2. The fourth-order valence-electron chi connectivity index (χ4n) is 1.80. The lowest BCUT2D eigenvalue weighted by Crippen LogP contribution is -2.49. The first-order valence-electron chi connectivity index (χ1n) is 6.48. The van der Waals surface area contributed by atoms with E-state index in [4.69, 9.17) is 11.2 Å². The number of nitrogens with zero attached hydrogens (tertiary/aromatic N) is 1. The number of carbonyl (C=O) groups excluding carboxylic acids is 1. The molecule has 1 atom stereocenters. The van der Waals surface area contributed by atoms with E-state index < -0.39 is 31.3 Å². The van der Waals surface area contributed by atoms with E-state index in [0.717, 1.165) is 6.08 Å². The molecule has 1 unspecified atom stereocenters. The molecule has 0 saturated heterocycles. The van der Waals surface area contributed by atoms with Crippen LogP contribution >= 0.6 is 0 Å². The molecule has 0 aromatic heterocycles. The summed E-state index contributed by atoms with van der Waals surface area (Å²) in [5.74, 6) is 2.05. The van der Waals surface area contributed by atoms with Crippen molar-refractivity contribution in [2.24, 2.45) is 0 Å². The number of ether oxygens (including phenoxy) is 1. The minimum Gasteiger partial charge on any atom is -0.445 e. The van der Waals surface area contributed by atoms with E-state index in [1.165, 1.54) is 0 Å². The number of halogens is 3. The molecule has 1 amide bonds. The molecule has 0 bridgehead atoms. The van der Waals surface area contributed by atoms with Crippen LogP contribution in [0.3, 0.4) is 0 Å². The van der Waals surface area contributed by atoms with Gasteiger partial charge in [0.1, 0.15) is 12.6 Å². The van der Waals surface area contributed by atoms with Crippen molar-refractivity contribution in [1.29, 1.82) is 0 Å². The van der Waals surface area contributed by atoms with Gasteiger partial charge >= 0.3 is 12.3 Å². The van der Waals surface area contributed by atoms with Crippen LogP contribution in [0, 0.1) is 12.3 Å². The standard InChI is InChI=1S/C16H16F3NO2/c1-3-8-14(16(17,18)19)20(11-4-2)15(21)22-12-13-9-6-5-7-10-13/h2-3,5-7,9-10,14H,1,8,11-12H2. The highest BCUT2D eigenvalue weighted by molar-refractivity contribution is 5.68. The quantitative estimate of drug-likeness (QED) is 0.591. The van der Waals surface area contributed by atoms with Gasteiger partial charge in [0.25, 0.3) is 0 Å². The van der Waals surface area contributed by atoms with Crippen molar-refractivity contribution in [3.63, 3.8) is 0 Å². The Morgan fingerprint density at radius 1 is 1.41 bits per heavy atom. The Kier molecular flexibility index (Phi) is 6.51. The number of amides is 1. The predicted molar refractivity (Wildman–Crippen MR) is 76.8 cm³/mol. The average Bonchev–Trinajstić information content (AvgIpc) is 2.48. The Hall–Kier alpha value is -2.42. The summed E-state index contributed by atoms with van der Waals surface area (Å²) in [5, 5.41) is 0. The first kappa shape index (κ1) is 17.6. The van der Waals surface area contributed by atoms with Crippen molar-refractivity contribution in [3.8, 4) is 12.3 Å². The van der Waals surface area contributed by atoms with Gasteiger partial charge in [-0.15, -0.1) is 13.0 Å². The Bertz CT molecular complexity index is 535. The van der Waals surface area contributed by atoms with Crippen molar-refractivity contribution >= 4 is 6.09 Å². The zero-order valence-corrected chi connectivity index (χ0v) is 11.8. The summed E-state index contributed by atoms with van der Waals surface area (Å²) in [6.45, 7) is 2.66. The van der Waals surface area contributed by atoms with E-state index in [1.807, 2.05) is 5.92 Å². The van der Waals surface area contributed by atoms with Crippen LogP contribution in [0.2, 0.25) is 0 Å². The molecule has 0 spiro atoms. The summed E-state index contributed by atoms with van der Waals surface area (Å²) in [7, 11) is 0. The van der Waals surface area contributed by atoms with Crippen molar-refractivity contribution in [3.05, 3.63) is 48.6 Å². The first-order valence-corrected chi connectivity index (χ1v) is 6.48. The van der Waals surface area contributed by atoms with Gasteiger partial charge in [0, 0.05) is 0 Å². The Morgan fingerprint density at radius 3 is 2.55 bits per heavy atom. The zero-order chi connectivity index (χ0) is 16.6. The maximum Gasteiger partial charge on any atom is 0.411 e. The minimum atomic E-state index is -4.61. The highest BCUT2D eigenvalue weighted by Gasteiger charge is 2.45. The summed E-state index contributed by atoms with van der Waals surface area (Å²) in [5.41, 5.74) is 0.670. The zero-order valence-electron chi connectivity index (χ0n) is 11.8. The molecule has 0 aliphatic carbocycles. The second kappa shape index (κ2) is 8.13. The van der Waals surface area contributed by atoms with E-state index in [2.05, 4.69) is 6.58 Å². The van der Waals surface area contributed by atoms with E-state index in [1.54, 1.807) is 30.3 Å². The van der Waals surface area contributed by atoms with Gasteiger partial charge in [0.2, 0.25) is 0 Å². The third-order valence-electron chi connectivity index (χ3n) is 2.85. The Labute approximate surface area is 127 Å². The van der Waals surface area contributed by atoms with E-state index in [0.29, 0.717) is 10.5 Å². The molecule has 1 rings (SSSR count). The number of rotatable bonds is 6. The van der Waals surface area contributed by atoms with Crippen molar-refractivity contribution in [1.82, 2.24) is 4.90 Å². The lowest BCUT2D eigenvalue weighted by molar-refractivity contribution is -0.176. The number of benzene rings is 1. The van der Waals surface area contributed by atoms with Crippen LogP contribution in [0.25, 0.3) is 0 Å². The molecule has 0 heterocycles. The SMILES string of the molecule is C#CCN(C(=O)OCc1ccccc1)C(CC=C)C(F)(F)F. The molecule has 3 nitrogen and oxygen atoms in total. The molecule has 6 heteroatoms. The second-order valence-electron chi connectivity index (χ2n) is 4.45. The molecule has 0 N–H and O–H groups in total. The number of hydrogen-bond acceptors (Lipinski definition) is 2. The molecule has 0 fully saturated rings. The number of alkyl halides is 3. The monoisotopic (exact) mass is 311 g/mol. The molecule has 1 aromatic rings. The lowest BCUT2D eigenvalue weighted by Gasteiger charge is -2.30. The number of carbonyl (C=O) groups is 1. The number of hydrogen-bond donors (Lipinski definition) is 0. The summed E-state index contributed by atoms with van der Waals surface area (Å²) in [6.07, 6.45) is -0.0241. The molecule has 118 valence electrons. The van der Waals surface area contributed by atoms with Crippen LogP contribution < -0.4 is 0 Å². The second-order valence-corrected chi connectivity index (χ2v) is 4.45. The van der Waals surface area contributed by atoms with Crippen molar-refractivity contribution in [2.75, 3.05) is 6.54 Å². The average molecular weight is 311 g/mol. The van der Waals surface area contributed by atoms with Gasteiger partial charge < -0.3 is 4.74 Å². The smallest absolute Gasteiger partial charge is 0.411 e. The third kappa shape index (κ3) is 5.17. The van der Waals surface area contributed by atoms with Crippen molar-refractivity contribution in [2.45, 2.75) is 25.2 Å². The minimum absolute atomic E-state index is 0.126. The molecule has 0 saturated carbocycles. The highest BCUT2D eigenvalue weighted by Crippen LogP contribution is 2.28. The normalized spacial score (nSPS) is 12.1. The first-order chi connectivity index (χ1) is 10.4. The van der Waals surface area contributed by atoms with E-state index >= 15 is 0 Å². The summed E-state index contributed by atoms with van der Waals surface area (Å²) < 4.78 is 44.0. The fraction of sp³-hybridized carbons (Fsp3) is 0.312. The molecular weight excluding hydrogens is 295 g/mol. The van der Waals surface area contributed by atoms with Crippen LogP contribution in [0.4, 0.5) is 18.0 Å². The van der Waals surface area contributed by atoms with Gasteiger partial charge in [-0.25, -0.2) is 4.79 Å². The number of terminal acetylenes is 1. The largest absolute Gasteiger partial charge is 0.445 e. The van der Waals surface area contributed by atoms with Gasteiger partial charge in [-0.2, -0.15) is 13.2 Å². The van der Waals surface area contributed by atoms with Gasteiger partial charge in [0.05, 0.1) is 6.54 Å². The Morgan fingerprint density at radius 2 is 2.05 bits per heavy atom. The lowest BCUT2D eigenvalue weighted by atomic mass is 10.1. The highest BCUT2D eigenvalue weighted by atomic mass is 19.4. The van der Waals surface area contributed by atoms with E-state index in [9.17, 15) is 18.0 Å². The van der Waals surface area contributed by atoms with Crippen LogP contribution in [0.15, 0.2) is 43.0 Å². The van der Waals surface area contributed by atoms with Crippen LogP contribution in [0.5, 0.6) is 0 Å². The maximum atomic E-state index is 13.0. The summed E-state index contributed by atoms with van der Waals surface area (Å²) in [6, 6.07) is 6.59. The van der Waals surface area contributed by atoms with Gasteiger partial charge in [-0.3, -0.25) is 4.90 Å². The third-order valence-corrected chi connectivity index (χ3v) is 2.85. The van der Waals surface area contributed by atoms with Gasteiger partial charge in [0.15, 0.2) is 0 Å².